The summed E-state index contributed by atoms with van der Waals surface area (Å²) in [6.45, 7) is 0.880. The largest absolute Gasteiger partial charge is 0.310 e. The molecule has 4 nitrogen and oxygen atoms in total. The summed E-state index contributed by atoms with van der Waals surface area (Å²) in [7, 11) is 0. The predicted octanol–water partition coefficient (Wildman–Crippen LogP) is -1.38. The molecule has 0 aromatic heterocycles. The molecule has 10 heavy (non-hydrogen) atoms. The SMILES string of the molecule is O=C1CC(C2CN2)C(=O)N1. The smallest absolute Gasteiger partial charge is 0.231 e. The summed E-state index contributed by atoms with van der Waals surface area (Å²) in [5.41, 5.74) is 0. The molecular formula is C6H8N2O2. The summed E-state index contributed by atoms with van der Waals surface area (Å²) in [5.74, 6) is -0.337. The van der Waals surface area contributed by atoms with Crippen molar-refractivity contribution in [2.24, 2.45) is 5.92 Å². The van der Waals surface area contributed by atoms with Crippen LogP contribution in [0.15, 0.2) is 0 Å². The summed E-state index contributed by atoms with van der Waals surface area (Å²) in [6.07, 6.45) is 0.372. The first-order valence-corrected chi connectivity index (χ1v) is 3.34. The van der Waals surface area contributed by atoms with Crippen molar-refractivity contribution < 1.29 is 9.59 Å². The third-order valence-electron chi connectivity index (χ3n) is 1.93. The van der Waals surface area contributed by atoms with Crippen LogP contribution >= 0.6 is 0 Å². The van der Waals surface area contributed by atoms with Gasteiger partial charge >= 0.3 is 0 Å². The van der Waals surface area contributed by atoms with Gasteiger partial charge in [0.25, 0.3) is 0 Å². The zero-order valence-corrected chi connectivity index (χ0v) is 5.39. The van der Waals surface area contributed by atoms with Crippen molar-refractivity contribution >= 4 is 11.8 Å². The van der Waals surface area contributed by atoms with E-state index in [0.29, 0.717) is 6.42 Å². The molecule has 0 saturated carbocycles. The second-order valence-electron chi connectivity index (χ2n) is 2.74. The van der Waals surface area contributed by atoms with E-state index in [-0.39, 0.29) is 23.8 Å². The number of imide groups is 1. The van der Waals surface area contributed by atoms with E-state index in [1.165, 1.54) is 0 Å². The van der Waals surface area contributed by atoms with Crippen LogP contribution in [0, 0.1) is 5.92 Å². The lowest BCUT2D eigenvalue weighted by molar-refractivity contribution is -0.125. The lowest BCUT2D eigenvalue weighted by Crippen LogP contribution is -2.24. The highest BCUT2D eigenvalue weighted by Gasteiger charge is 2.41. The Bertz CT molecular complexity index is 198. The van der Waals surface area contributed by atoms with E-state index in [1.54, 1.807) is 0 Å². The normalized spacial score (nSPS) is 38.0. The molecular weight excluding hydrogens is 132 g/mol. The van der Waals surface area contributed by atoms with Gasteiger partial charge in [0, 0.05) is 19.0 Å². The molecule has 2 fully saturated rings. The van der Waals surface area contributed by atoms with E-state index in [1.807, 2.05) is 0 Å². The van der Waals surface area contributed by atoms with Gasteiger partial charge in [0.05, 0.1) is 5.92 Å². The maximum atomic E-state index is 10.9. The third kappa shape index (κ3) is 0.806. The van der Waals surface area contributed by atoms with Crippen molar-refractivity contribution in [3.63, 3.8) is 0 Å². The molecule has 2 aliphatic rings. The fourth-order valence-corrected chi connectivity index (χ4v) is 1.25. The van der Waals surface area contributed by atoms with Gasteiger partial charge in [-0.1, -0.05) is 0 Å². The Kier molecular flexibility index (Phi) is 1.05. The molecule has 2 saturated heterocycles. The van der Waals surface area contributed by atoms with Gasteiger partial charge in [-0.2, -0.15) is 0 Å². The zero-order valence-electron chi connectivity index (χ0n) is 5.39. The summed E-state index contributed by atoms with van der Waals surface area (Å²) < 4.78 is 0. The van der Waals surface area contributed by atoms with Gasteiger partial charge in [-0.3, -0.25) is 14.9 Å². The van der Waals surface area contributed by atoms with Gasteiger partial charge in [0.2, 0.25) is 11.8 Å². The van der Waals surface area contributed by atoms with Gasteiger partial charge in [0.1, 0.15) is 0 Å². The number of carbonyl (C=O) groups excluding carboxylic acids is 2. The average Bonchev–Trinajstić information content (AvgIpc) is 2.61. The Labute approximate surface area is 58.0 Å². The molecule has 2 N–H and O–H groups in total. The van der Waals surface area contributed by atoms with Crippen LogP contribution in [0.3, 0.4) is 0 Å². The molecule has 2 rings (SSSR count). The molecule has 54 valence electrons. The van der Waals surface area contributed by atoms with E-state index >= 15 is 0 Å². The zero-order chi connectivity index (χ0) is 7.14. The summed E-state index contributed by atoms with van der Waals surface area (Å²) in [4.78, 5) is 21.5. The lowest BCUT2D eigenvalue weighted by atomic mass is 10.0. The first-order chi connectivity index (χ1) is 4.77. The van der Waals surface area contributed by atoms with Crippen LogP contribution in [0.2, 0.25) is 0 Å². The van der Waals surface area contributed by atoms with Crippen molar-refractivity contribution in [2.45, 2.75) is 12.5 Å². The Balaban J connectivity index is 2.08. The van der Waals surface area contributed by atoms with Crippen molar-refractivity contribution in [3.8, 4) is 0 Å². The maximum Gasteiger partial charge on any atom is 0.231 e. The van der Waals surface area contributed by atoms with Crippen LogP contribution in [-0.2, 0) is 9.59 Å². The molecule has 0 aromatic carbocycles. The summed E-state index contributed by atoms with van der Waals surface area (Å²) >= 11 is 0. The van der Waals surface area contributed by atoms with E-state index < -0.39 is 0 Å². The number of rotatable bonds is 1. The summed E-state index contributed by atoms with van der Waals surface area (Å²) in [5, 5.41) is 5.28. The van der Waals surface area contributed by atoms with Crippen molar-refractivity contribution in [1.29, 1.82) is 0 Å². The minimum Gasteiger partial charge on any atom is -0.310 e. The van der Waals surface area contributed by atoms with Gasteiger partial charge in [-0.15, -0.1) is 0 Å². The monoisotopic (exact) mass is 140 g/mol. The van der Waals surface area contributed by atoms with Crippen molar-refractivity contribution in [1.82, 2.24) is 10.6 Å². The van der Waals surface area contributed by atoms with Crippen LogP contribution in [0.5, 0.6) is 0 Å². The predicted molar refractivity (Wildman–Crippen MR) is 33.0 cm³/mol. The van der Waals surface area contributed by atoms with Crippen LogP contribution in [0.4, 0.5) is 0 Å². The van der Waals surface area contributed by atoms with E-state index in [9.17, 15) is 9.59 Å². The topological polar surface area (TPSA) is 68.1 Å². The number of hydrogen-bond acceptors (Lipinski definition) is 3. The van der Waals surface area contributed by atoms with E-state index in [0.717, 1.165) is 6.54 Å². The van der Waals surface area contributed by atoms with Gasteiger partial charge in [-0.05, 0) is 0 Å². The second-order valence-corrected chi connectivity index (χ2v) is 2.74. The van der Waals surface area contributed by atoms with Gasteiger partial charge in [-0.25, -0.2) is 0 Å². The molecule has 2 aliphatic heterocycles. The Morgan fingerprint density at radius 1 is 1.40 bits per heavy atom. The highest BCUT2D eigenvalue weighted by molar-refractivity contribution is 6.04. The van der Waals surface area contributed by atoms with Crippen molar-refractivity contribution in [3.05, 3.63) is 0 Å². The number of carbonyl (C=O) groups is 2. The van der Waals surface area contributed by atoms with Crippen LogP contribution in [0.25, 0.3) is 0 Å². The quantitative estimate of drug-likeness (QED) is 0.348. The lowest BCUT2D eigenvalue weighted by Gasteiger charge is -1.97. The van der Waals surface area contributed by atoms with Crippen molar-refractivity contribution in [2.75, 3.05) is 6.54 Å². The van der Waals surface area contributed by atoms with Crippen LogP contribution < -0.4 is 10.6 Å². The Morgan fingerprint density at radius 3 is 2.50 bits per heavy atom. The fraction of sp³-hybridized carbons (Fsp3) is 0.667. The molecule has 0 radical (unpaired) electrons. The molecule has 4 heteroatoms. The first-order valence-electron chi connectivity index (χ1n) is 3.34. The standard InChI is InChI=1S/C6H8N2O2/c9-5-1-3(4-2-7-4)6(10)8-5/h3-4,7H,1-2H2,(H,8,9,10). The number of nitrogens with one attached hydrogen (secondary N) is 2. The van der Waals surface area contributed by atoms with Gasteiger partial charge in [0.15, 0.2) is 0 Å². The van der Waals surface area contributed by atoms with Crippen LogP contribution in [0.1, 0.15) is 6.42 Å². The molecule has 2 unspecified atom stereocenters. The highest BCUT2D eigenvalue weighted by atomic mass is 16.2. The molecule has 0 aliphatic carbocycles. The maximum absolute atomic E-state index is 10.9. The van der Waals surface area contributed by atoms with Gasteiger partial charge < -0.3 is 5.32 Å². The fourth-order valence-electron chi connectivity index (χ4n) is 1.25. The van der Waals surface area contributed by atoms with Crippen LogP contribution in [-0.4, -0.2) is 24.4 Å². The Hall–Kier alpha value is -0.900. The minimum absolute atomic E-state index is 0.0903. The number of hydrogen-bond donors (Lipinski definition) is 2. The Morgan fingerprint density at radius 2 is 2.10 bits per heavy atom. The molecule has 2 atom stereocenters. The molecule has 0 spiro atoms. The summed E-state index contributed by atoms with van der Waals surface area (Å²) in [6, 6.07) is 0.270. The highest BCUT2D eigenvalue weighted by Crippen LogP contribution is 2.20. The molecule has 2 amide bonds. The number of amides is 2. The first kappa shape index (κ1) is 5.85. The molecule has 0 bridgehead atoms. The molecule has 2 heterocycles. The average molecular weight is 140 g/mol. The minimum atomic E-state index is -0.135. The van der Waals surface area contributed by atoms with E-state index in [4.69, 9.17) is 0 Å². The third-order valence-corrected chi connectivity index (χ3v) is 1.93. The molecule has 0 aromatic rings. The second kappa shape index (κ2) is 1.79. The van der Waals surface area contributed by atoms with E-state index in [2.05, 4.69) is 10.6 Å².